The fourth-order valence-electron chi connectivity index (χ4n) is 1.83. The van der Waals surface area contributed by atoms with Crippen molar-refractivity contribution in [2.75, 3.05) is 0 Å². The first kappa shape index (κ1) is 15.2. The van der Waals surface area contributed by atoms with E-state index in [1.54, 1.807) is 12.1 Å². The molecular weight excluding hydrogens is 336 g/mol. The number of nitrogens with zero attached hydrogens (tertiary/aromatic N) is 1. The molecule has 0 aliphatic rings. The Balaban J connectivity index is 1.88. The quantitative estimate of drug-likeness (QED) is 0.665. The Kier molecular flexibility index (Phi) is 5.05. The van der Waals surface area contributed by atoms with Gasteiger partial charge in [-0.15, -0.1) is 0 Å². The third-order valence-electron chi connectivity index (χ3n) is 2.89. The van der Waals surface area contributed by atoms with Crippen molar-refractivity contribution in [2.24, 2.45) is 0 Å². The summed E-state index contributed by atoms with van der Waals surface area (Å²) in [5.74, 6) is -0.121. The summed E-state index contributed by atoms with van der Waals surface area (Å²) < 4.78 is 0.963. The Morgan fingerprint density at radius 1 is 1.14 bits per heavy atom. The third-order valence-corrected chi connectivity index (χ3v) is 3.38. The second-order valence-electron chi connectivity index (χ2n) is 4.51. The van der Waals surface area contributed by atoms with Crippen molar-refractivity contribution >= 4 is 27.5 Å². The largest absolute Gasteiger partial charge is 0.352 e. The van der Waals surface area contributed by atoms with E-state index in [1.807, 2.05) is 24.3 Å². The van der Waals surface area contributed by atoms with Crippen molar-refractivity contribution in [3.05, 3.63) is 74.2 Å². The minimum Gasteiger partial charge on any atom is -0.352 e. The molecule has 0 aliphatic heterocycles. The van der Waals surface area contributed by atoms with E-state index in [-0.39, 0.29) is 18.0 Å². The molecule has 2 rings (SSSR count). The second-order valence-corrected chi connectivity index (χ2v) is 5.42. The van der Waals surface area contributed by atoms with Crippen LogP contribution in [0.2, 0.25) is 0 Å². The van der Waals surface area contributed by atoms with Gasteiger partial charge in [-0.2, -0.15) is 0 Å². The number of non-ortho nitro benzene ring substituents is 1. The highest BCUT2D eigenvalue weighted by Crippen LogP contribution is 2.13. The van der Waals surface area contributed by atoms with Crippen LogP contribution in [0.5, 0.6) is 0 Å². The van der Waals surface area contributed by atoms with Gasteiger partial charge in [0.1, 0.15) is 0 Å². The van der Waals surface area contributed by atoms with Crippen LogP contribution in [0.15, 0.2) is 53.0 Å². The highest BCUT2D eigenvalue weighted by molar-refractivity contribution is 9.10. The van der Waals surface area contributed by atoms with Gasteiger partial charge in [0, 0.05) is 23.2 Å². The molecule has 1 N–H and O–H groups in total. The lowest BCUT2D eigenvalue weighted by Gasteiger charge is -2.06. The molecule has 0 radical (unpaired) electrons. The normalized spacial score (nSPS) is 10.1. The minimum atomic E-state index is -0.461. The number of benzene rings is 2. The Morgan fingerprint density at radius 3 is 2.48 bits per heavy atom. The number of halogens is 1. The van der Waals surface area contributed by atoms with Crippen LogP contribution >= 0.6 is 15.9 Å². The van der Waals surface area contributed by atoms with Crippen LogP contribution in [0.25, 0.3) is 0 Å². The van der Waals surface area contributed by atoms with Gasteiger partial charge in [0.25, 0.3) is 5.69 Å². The first-order valence-electron chi connectivity index (χ1n) is 6.29. The summed E-state index contributed by atoms with van der Waals surface area (Å²) in [7, 11) is 0. The highest BCUT2D eigenvalue weighted by atomic mass is 79.9. The zero-order valence-corrected chi connectivity index (χ0v) is 12.7. The van der Waals surface area contributed by atoms with Gasteiger partial charge in [-0.25, -0.2) is 0 Å². The Bertz CT molecular complexity index is 656. The van der Waals surface area contributed by atoms with Crippen molar-refractivity contribution in [3.8, 4) is 0 Å². The monoisotopic (exact) mass is 348 g/mol. The van der Waals surface area contributed by atoms with Gasteiger partial charge in [-0.3, -0.25) is 14.9 Å². The standard InChI is InChI=1S/C15H13BrN2O3/c16-13-3-1-2-12(8-13)10-17-15(19)9-11-4-6-14(7-5-11)18(20)21/h1-8H,9-10H2,(H,17,19). The molecule has 0 saturated carbocycles. The predicted octanol–water partition coefficient (Wildman–Crippen LogP) is 3.22. The van der Waals surface area contributed by atoms with E-state index >= 15 is 0 Å². The number of carbonyl (C=O) groups is 1. The molecule has 0 bridgehead atoms. The van der Waals surface area contributed by atoms with Crippen LogP contribution in [-0.2, 0) is 17.8 Å². The number of carbonyl (C=O) groups excluding carboxylic acids is 1. The van der Waals surface area contributed by atoms with Crippen molar-refractivity contribution in [2.45, 2.75) is 13.0 Å². The highest BCUT2D eigenvalue weighted by Gasteiger charge is 2.07. The van der Waals surface area contributed by atoms with Crippen LogP contribution in [0.1, 0.15) is 11.1 Å². The lowest BCUT2D eigenvalue weighted by Crippen LogP contribution is -2.24. The number of rotatable bonds is 5. The lowest BCUT2D eigenvalue weighted by molar-refractivity contribution is -0.384. The minimum absolute atomic E-state index is 0.0216. The third kappa shape index (κ3) is 4.68. The Labute approximate surface area is 130 Å². The van der Waals surface area contributed by atoms with Gasteiger partial charge in [-0.1, -0.05) is 40.2 Å². The van der Waals surface area contributed by atoms with Gasteiger partial charge < -0.3 is 5.32 Å². The van der Waals surface area contributed by atoms with E-state index in [9.17, 15) is 14.9 Å². The summed E-state index contributed by atoms with van der Waals surface area (Å²) in [4.78, 5) is 21.9. The number of nitrogens with one attached hydrogen (secondary N) is 1. The summed E-state index contributed by atoms with van der Waals surface area (Å²) in [5, 5.41) is 13.4. The van der Waals surface area contributed by atoms with Gasteiger partial charge in [-0.05, 0) is 23.3 Å². The summed E-state index contributed by atoms with van der Waals surface area (Å²) in [6.07, 6.45) is 0.200. The SMILES string of the molecule is O=C(Cc1ccc([N+](=O)[O-])cc1)NCc1cccc(Br)c1. The average molecular weight is 349 g/mol. The van der Waals surface area contributed by atoms with E-state index in [1.165, 1.54) is 12.1 Å². The predicted molar refractivity (Wildman–Crippen MR) is 82.8 cm³/mol. The molecule has 108 valence electrons. The number of hydrogen-bond acceptors (Lipinski definition) is 3. The number of nitro groups is 1. The number of amides is 1. The summed E-state index contributed by atoms with van der Waals surface area (Å²) in [6, 6.07) is 13.7. The fraction of sp³-hybridized carbons (Fsp3) is 0.133. The van der Waals surface area contributed by atoms with Crippen molar-refractivity contribution in [1.82, 2.24) is 5.32 Å². The maximum Gasteiger partial charge on any atom is 0.269 e. The molecule has 0 heterocycles. The molecule has 0 saturated heterocycles. The topological polar surface area (TPSA) is 72.2 Å². The molecule has 5 nitrogen and oxygen atoms in total. The molecule has 0 atom stereocenters. The smallest absolute Gasteiger partial charge is 0.269 e. The molecule has 0 spiro atoms. The van der Waals surface area contributed by atoms with Gasteiger partial charge in [0.2, 0.25) is 5.91 Å². The molecule has 0 aromatic heterocycles. The molecule has 0 fully saturated rings. The molecule has 21 heavy (non-hydrogen) atoms. The fourth-order valence-corrected chi connectivity index (χ4v) is 2.28. The van der Waals surface area contributed by atoms with Crippen LogP contribution in [0.4, 0.5) is 5.69 Å². The van der Waals surface area contributed by atoms with Gasteiger partial charge in [0.05, 0.1) is 11.3 Å². The molecule has 0 unspecified atom stereocenters. The first-order chi connectivity index (χ1) is 10.0. The van der Waals surface area contributed by atoms with Crippen LogP contribution < -0.4 is 5.32 Å². The average Bonchev–Trinajstić information content (AvgIpc) is 2.46. The van der Waals surface area contributed by atoms with Crippen LogP contribution in [0.3, 0.4) is 0 Å². The van der Waals surface area contributed by atoms with E-state index in [2.05, 4.69) is 21.2 Å². The molecule has 6 heteroatoms. The van der Waals surface area contributed by atoms with E-state index in [4.69, 9.17) is 0 Å². The zero-order chi connectivity index (χ0) is 15.2. The molecule has 0 aliphatic carbocycles. The van der Waals surface area contributed by atoms with E-state index < -0.39 is 4.92 Å². The molecule has 2 aromatic rings. The Hall–Kier alpha value is -2.21. The van der Waals surface area contributed by atoms with Crippen LogP contribution in [0, 0.1) is 10.1 Å². The summed E-state index contributed by atoms with van der Waals surface area (Å²) >= 11 is 3.37. The van der Waals surface area contributed by atoms with Crippen molar-refractivity contribution in [1.29, 1.82) is 0 Å². The first-order valence-corrected chi connectivity index (χ1v) is 7.08. The van der Waals surface area contributed by atoms with Crippen LogP contribution in [-0.4, -0.2) is 10.8 Å². The number of nitro benzene ring substituents is 1. The zero-order valence-electron chi connectivity index (χ0n) is 11.1. The van der Waals surface area contributed by atoms with Gasteiger partial charge >= 0.3 is 0 Å². The van der Waals surface area contributed by atoms with Gasteiger partial charge in [0.15, 0.2) is 0 Å². The molecule has 2 aromatic carbocycles. The summed E-state index contributed by atoms with van der Waals surface area (Å²) in [6.45, 7) is 0.450. The van der Waals surface area contributed by atoms with E-state index in [0.717, 1.165) is 15.6 Å². The number of hydrogen-bond donors (Lipinski definition) is 1. The maximum absolute atomic E-state index is 11.8. The summed E-state index contributed by atoms with van der Waals surface area (Å²) in [5.41, 5.74) is 1.77. The molecule has 1 amide bonds. The van der Waals surface area contributed by atoms with Crippen molar-refractivity contribution in [3.63, 3.8) is 0 Å². The molecular formula is C15H13BrN2O3. The maximum atomic E-state index is 11.8. The van der Waals surface area contributed by atoms with E-state index in [0.29, 0.717) is 6.54 Å². The lowest BCUT2D eigenvalue weighted by atomic mass is 10.1. The second kappa shape index (κ2) is 6.99. The Morgan fingerprint density at radius 2 is 1.86 bits per heavy atom. The van der Waals surface area contributed by atoms with Crippen molar-refractivity contribution < 1.29 is 9.72 Å².